The van der Waals surface area contributed by atoms with Crippen molar-refractivity contribution >= 4 is 81.9 Å². The van der Waals surface area contributed by atoms with Gasteiger partial charge in [0.15, 0.2) is 0 Å². The number of alkyl halides is 4. The first-order valence-corrected chi connectivity index (χ1v) is 22.5. The van der Waals surface area contributed by atoms with Crippen LogP contribution in [0.4, 0.5) is 0 Å². The van der Waals surface area contributed by atoms with E-state index in [1.165, 1.54) is 0 Å². The van der Waals surface area contributed by atoms with E-state index in [0.29, 0.717) is 34.3 Å². The molecule has 11 nitrogen and oxygen atoms in total. The fourth-order valence-corrected chi connectivity index (χ4v) is 8.24. The third kappa shape index (κ3) is 13.3. The molecule has 61 heavy (non-hydrogen) atoms. The summed E-state index contributed by atoms with van der Waals surface area (Å²) in [6.45, 7) is 11.7. The topological polar surface area (TPSA) is 134 Å². The molecule has 0 spiro atoms. The molecular formula is C46H46Br4N4O7. The third-order valence-electron chi connectivity index (χ3n) is 9.53. The lowest BCUT2D eigenvalue weighted by atomic mass is 10.1. The molecule has 1 aromatic heterocycles. The van der Waals surface area contributed by atoms with Gasteiger partial charge in [0.2, 0.25) is 12.0 Å². The number of esters is 2. The first kappa shape index (κ1) is 47.6. The molecule has 0 amide bonds. The number of nitrogens with zero attached hydrogens (tertiary/aromatic N) is 4. The molecule has 1 saturated carbocycles. The van der Waals surface area contributed by atoms with Crippen molar-refractivity contribution in [3.05, 3.63) is 137 Å². The molecule has 1 fully saturated rings. The van der Waals surface area contributed by atoms with Crippen LogP contribution in [0.25, 0.3) is 0 Å². The molecule has 0 bridgehead atoms. The highest BCUT2D eigenvalue weighted by Gasteiger charge is 2.67. The number of rotatable bonds is 13. The lowest BCUT2D eigenvalue weighted by Crippen LogP contribution is -2.23. The van der Waals surface area contributed by atoms with Gasteiger partial charge < -0.3 is 23.8 Å². The number of ether oxygens (including phenoxy) is 4. The van der Waals surface area contributed by atoms with Gasteiger partial charge in [0.05, 0.1) is 33.8 Å². The molecule has 0 radical (unpaired) electrons. The second kappa shape index (κ2) is 20.6. The summed E-state index contributed by atoms with van der Waals surface area (Å²) < 4.78 is 23.9. The number of halogens is 4. The molecule has 0 N–H and O–H groups in total. The minimum Gasteiger partial charge on any atom is -0.457 e. The van der Waals surface area contributed by atoms with Crippen molar-refractivity contribution in [1.29, 1.82) is 5.26 Å². The van der Waals surface area contributed by atoms with E-state index in [1.807, 2.05) is 121 Å². The van der Waals surface area contributed by atoms with Gasteiger partial charge in [-0.25, -0.2) is 9.48 Å². The first-order chi connectivity index (χ1) is 28.8. The van der Waals surface area contributed by atoms with Gasteiger partial charge in [-0.15, -0.1) is 0 Å². The smallest absolute Gasteiger partial charge is 0.338 e. The van der Waals surface area contributed by atoms with Crippen molar-refractivity contribution in [3.8, 4) is 29.2 Å². The SMILES string of the molecule is CC1(C)[C@H](C(=O)O[C@H](C#N)c2cccc(Oc3ccccc3)c2)[C@@H]1C(Br)C(Br)(Br)Br.Cc1nn(C)c(Oc2ccccc2)c1/C=N/OCc1ccc(C(=O)OC(C)(C)C)cc1. The second-order valence-electron chi connectivity index (χ2n) is 15.8. The summed E-state index contributed by atoms with van der Waals surface area (Å²) in [5.41, 5.74) is 2.68. The molecule has 320 valence electrons. The molecule has 1 unspecified atom stereocenters. The van der Waals surface area contributed by atoms with Crippen LogP contribution in [0.3, 0.4) is 0 Å². The van der Waals surface area contributed by atoms with Gasteiger partial charge in [0.25, 0.3) is 0 Å². The fraction of sp³-hybridized carbons (Fsp3) is 0.326. The van der Waals surface area contributed by atoms with E-state index in [4.69, 9.17) is 23.8 Å². The van der Waals surface area contributed by atoms with E-state index >= 15 is 0 Å². The van der Waals surface area contributed by atoms with Crippen molar-refractivity contribution in [2.75, 3.05) is 0 Å². The number of carbonyl (C=O) groups excluding carboxylic acids is 2. The zero-order chi connectivity index (χ0) is 44.5. The number of aryl methyl sites for hydroxylation is 2. The van der Waals surface area contributed by atoms with Crippen LogP contribution < -0.4 is 9.47 Å². The van der Waals surface area contributed by atoms with Crippen molar-refractivity contribution in [1.82, 2.24) is 9.78 Å². The van der Waals surface area contributed by atoms with Gasteiger partial charge in [-0.1, -0.05) is 143 Å². The number of carbonyl (C=O) groups is 2. The standard InChI is InChI=1S/C24H27N3O4.C22H19Br4NO3/c1-17-21(22(27(5)26-17)30-20-9-7-6-8-10-20)15-25-29-16-18-11-13-19(14-12-18)23(28)31-24(2,3)4;1-21(2)17(19(23)22(24,25)26)18(21)20(28)30-16(12-27)13-7-6-10-15(11-13)29-14-8-4-3-5-9-14/h6-15H,16H2,1-5H3;3-11,16-19H,1-2H3/b25-15+;/t;16-,17-,18+,19?/m.1/s1. The number of hydrogen-bond acceptors (Lipinski definition) is 10. The average molecular weight is 1090 g/mol. The van der Waals surface area contributed by atoms with Gasteiger partial charge in [-0.2, -0.15) is 10.4 Å². The van der Waals surface area contributed by atoms with Gasteiger partial charge in [-0.3, -0.25) is 4.79 Å². The minimum absolute atomic E-state index is 0.0233. The number of benzene rings is 4. The van der Waals surface area contributed by atoms with Gasteiger partial charge >= 0.3 is 11.9 Å². The highest BCUT2D eigenvalue weighted by Crippen LogP contribution is 2.66. The van der Waals surface area contributed by atoms with Crippen LogP contribution in [0.1, 0.15) is 73.5 Å². The predicted molar refractivity (Wildman–Crippen MR) is 249 cm³/mol. The number of hydrogen-bond donors (Lipinski definition) is 0. The number of para-hydroxylation sites is 2. The maximum absolute atomic E-state index is 12.9. The van der Waals surface area contributed by atoms with Crippen molar-refractivity contribution in [2.24, 2.45) is 29.5 Å². The van der Waals surface area contributed by atoms with Crippen LogP contribution in [0.15, 0.2) is 114 Å². The molecule has 1 aliphatic rings. The predicted octanol–water partition coefficient (Wildman–Crippen LogP) is 12.5. The Morgan fingerprint density at radius 3 is 2.07 bits per heavy atom. The Balaban J connectivity index is 0.000000231. The Bertz CT molecular complexity index is 2340. The Labute approximate surface area is 390 Å². The lowest BCUT2D eigenvalue weighted by molar-refractivity contribution is -0.149. The maximum atomic E-state index is 12.9. The van der Waals surface area contributed by atoms with E-state index < -0.39 is 13.8 Å². The van der Waals surface area contributed by atoms with Crippen LogP contribution in [0.5, 0.6) is 23.1 Å². The van der Waals surface area contributed by atoms with Gasteiger partial charge in [0, 0.05) is 12.6 Å². The monoisotopic (exact) mass is 1080 g/mol. The maximum Gasteiger partial charge on any atom is 0.338 e. The van der Waals surface area contributed by atoms with Crippen LogP contribution in [0.2, 0.25) is 0 Å². The fourth-order valence-electron chi connectivity index (χ4n) is 6.40. The molecule has 4 atom stereocenters. The molecule has 6 rings (SSSR count). The van der Waals surface area contributed by atoms with E-state index in [2.05, 4.69) is 80.0 Å². The molecule has 1 aliphatic carbocycles. The molecular weight excluding hydrogens is 1040 g/mol. The molecule has 0 aliphatic heterocycles. The molecule has 15 heteroatoms. The van der Waals surface area contributed by atoms with E-state index in [1.54, 1.807) is 47.3 Å². The van der Waals surface area contributed by atoms with Crippen molar-refractivity contribution in [3.63, 3.8) is 0 Å². The van der Waals surface area contributed by atoms with E-state index in [9.17, 15) is 14.9 Å². The molecule has 5 aromatic rings. The summed E-state index contributed by atoms with van der Waals surface area (Å²) in [6, 6.07) is 35.0. The second-order valence-corrected chi connectivity index (χ2v) is 23.7. The van der Waals surface area contributed by atoms with Crippen LogP contribution in [-0.4, -0.2) is 40.5 Å². The molecule has 0 saturated heterocycles. The number of oxime groups is 1. The van der Waals surface area contributed by atoms with Crippen LogP contribution >= 0.6 is 63.7 Å². The summed E-state index contributed by atoms with van der Waals surface area (Å²) in [6.07, 6.45) is 0.583. The Morgan fingerprint density at radius 1 is 0.902 bits per heavy atom. The van der Waals surface area contributed by atoms with Crippen LogP contribution in [-0.2, 0) is 32.8 Å². The largest absolute Gasteiger partial charge is 0.457 e. The zero-order valence-corrected chi connectivity index (χ0v) is 41.0. The van der Waals surface area contributed by atoms with Gasteiger partial charge in [-0.05, 0) is 93.1 Å². The zero-order valence-electron chi connectivity index (χ0n) is 34.6. The summed E-state index contributed by atoms with van der Waals surface area (Å²) in [5.74, 6) is 1.52. The third-order valence-corrected chi connectivity index (χ3v) is 14.1. The van der Waals surface area contributed by atoms with E-state index in [0.717, 1.165) is 16.8 Å². The van der Waals surface area contributed by atoms with Crippen molar-refractivity contribution in [2.45, 2.75) is 66.8 Å². The summed E-state index contributed by atoms with van der Waals surface area (Å²) in [7, 11) is 1.82. The van der Waals surface area contributed by atoms with Crippen LogP contribution in [0, 0.1) is 35.5 Å². The number of nitriles is 1. The lowest BCUT2D eigenvalue weighted by Gasteiger charge is -2.21. The summed E-state index contributed by atoms with van der Waals surface area (Å²) >= 11 is 14.2. The Morgan fingerprint density at radius 2 is 1.49 bits per heavy atom. The first-order valence-electron chi connectivity index (χ1n) is 19.2. The van der Waals surface area contributed by atoms with Crippen molar-refractivity contribution < 1.29 is 33.4 Å². The molecule has 4 aromatic carbocycles. The normalized spacial score (nSPS) is 16.6. The highest BCUT2D eigenvalue weighted by molar-refractivity contribution is 9.40. The number of aromatic nitrogens is 2. The Hall–Kier alpha value is -4.49. The van der Waals surface area contributed by atoms with E-state index in [-0.39, 0.29) is 40.6 Å². The Kier molecular flexibility index (Phi) is 16.0. The quantitative estimate of drug-likeness (QED) is 0.0489. The summed E-state index contributed by atoms with van der Waals surface area (Å²) in [5, 5.41) is 18.1. The van der Waals surface area contributed by atoms with Gasteiger partial charge in [0.1, 0.15) is 37.7 Å². The highest BCUT2D eigenvalue weighted by atomic mass is 80.0. The summed E-state index contributed by atoms with van der Waals surface area (Å²) in [4.78, 5) is 30.4. The minimum atomic E-state index is -1.01. The molecule has 1 heterocycles. The average Bonchev–Trinajstić information content (AvgIpc) is 3.69.